The van der Waals surface area contributed by atoms with Gasteiger partial charge in [-0.25, -0.2) is 9.97 Å². The number of rotatable bonds is 5. The van der Waals surface area contributed by atoms with E-state index in [4.69, 9.17) is 0 Å². The molecule has 2 aromatic heterocycles. The Morgan fingerprint density at radius 3 is 2.91 bits per heavy atom. The molecular formula is C23H22N6O2S. The van der Waals surface area contributed by atoms with Crippen molar-refractivity contribution in [3.8, 4) is 0 Å². The van der Waals surface area contributed by atoms with Crippen molar-refractivity contribution in [1.29, 1.82) is 0 Å². The summed E-state index contributed by atoms with van der Waals surface area (Å²) in [5, 5.41) is 7.67. The lowest BCUT2D eigenvalue weighted by molar-refractivity contribution is -0.115. The number of nitrogens with one attached hydrogen (secondary N) is 2. The molecule has 2 N–H and O–H groups in total. The zero-order chi connectivity index (χ0) is 21.9. The quantitative estimate of drug-likeness (QED) is 0.575. The van der Waals surface area contributed by atoms with Crippen molar-refractivity contribution in [1.82, 2.24) is 25.2 Å². The number of anilines is 1. The van der Waals surface area contributed by atoms with Gasteiger partial charge < -0.3 is 5.32 Å². The fraction of sp³-hybridized carbons (Fsp3) is 0.261. The zero-order valence-corrected chi connectivity index (χ0v) is 18.1. The van der Waals surface area contributed by atoms with E-state index in [9.17, 15) is 9.59 Å². The fourth-order valence-corrected chi connectivity index (χ4v) is 4.69. The highest BCUT2D eigenvalue weighted by Gasteiger charge is 2.25. The summed E-state index contributed by atoms with van der Waals surface area (Å²) < 4.78 is 0. The Balaban J connectivity index is 1.23. The van der Waals surface area contributed by atoms with E-state index >= 15 is 0 Å². The fourth-order valence-electron chi connectivity index (χ4n) is 4.02. The first-order valence-corrected chi connectivity index (χ1v) is 11.3. The van der Waals surface area contributed by atoms with Gasteiger partial charge in [-0.3, -0.25) is 24.8 Å². The normalized spacial score (nSPS) is 20.6. The van der Waals surface area contributed by atoms with Crippen LogP contribution in [0.5, 0.6) is 0 Å². The molecule has 5 rings (SSSR count). The summed E-state index contributed by atoms with van der Waals surface area (Å²) in [5.74, 6) is 0.128. The van der Waals surface area contributed by atoms with Gasteiger partial charge in [0.1, 0.15) is 0 Å². The number of hydrogen-bond donors (Lipinski definition) is 2. The molecule has 2 saturated heterocycles. The molecule has 3 aromatic rings. The van der Waals surface area contributed by atoms with Gasteiger partial charge in [-0.15, -0.1) is 0 Å². The SMILES string of the molecule is O=C1NC(=O)/C(=C/c2ccnc(NC3CCCN(Cc4cc5ccccc5cn4)C3)n2)S1. The van der Waals surface area contributed by atoms with Crippen LogP contribution in [0.4, 0.5) is 10.7 Å². The third kappa shape index (κ3) is 4.79. The lowest BCUT2D eigenvalue weighted by atomic mass is 10.1. The van der Waals surface area contributed by atoms with E-state index in [-0.39, 0.29) is 11.3 Å². The summed E-state index contributed by atoms with van der Waals surface area (Å²) in [6.07, 6.45) is 7.31. The molecule has 2 fully saturated rings. The number of piperidine rings is 1. The topological polar surface area (TPSA) is 100 Å². The van der Waals surface area contributed by atoms with Gasteiger partial charge in [0.05, 0.1) is 16.3 Å². The highest BCUT2D eigenvalue weighted by Crippen LogP contribution is 2.25. The van der Waals surface area contributed by atoms with Crippen LogP contribution in [0.1, 0.15) is 24.2 Å². The highest BCUT2D eigenvalue weighted by molar-refractivity contribution is 8.18. The standard InChI is InChI=1S/C23H22N6O2S/c30-21-20(32-23(31)28-21)11-17-7-8-24-22(26-17)27-18-6-3-9-29(13-18)14-19-10-15-4-1-2-5-16(15)12-25-19/h1-2,4-5,7-8,10-12,18H,3,6,9,13-14H2,(H,24,26,27)(H,28,30,31)/b20-11-. The predicted molar refractivity (Wildman–Crippen MR) is 125 cm³/mol. The number of thioether (sulfide) groups is 1. The molecule has 1 aromatic carbocycles. The van der Waals surface area contributed by atoms with Gasteiger partial charge in [-0.1, -0.05) is 24.3 Å². The molecule has 0 aliphatic carbocycles. The lowest BCUT2D eigenvalue weighted by Gasteiger charge is -2.33. The lowest BCUT2D eigenvalue weighted by Crippen LogP contribution is -2.42. The minimum absolute atomic E-state index is 0.220. The molecule has 32 heavy (non-hydrogen) atoms. The second-order valence-corrected chi connectivity index (χ2v) is 8.91. The second-order valence-electron chi connectivity index (χ2n) is 7.90. The van der Waals surface area contributed by atoms with E-state index in [2.05, 4.69) is 48.7 Å². The van der Waals surface area contributed by atoms with Gasteiger partial charge in [-0.05, 0) is 54.7 Å². The van der Waals surface area contributed by atoms with Gasteiger partial charge in [0.2, 0.25) is 5.95 Å². The van der Waals surface area contributed by atoms with E-state index in [1.54, 1.807) is 18.3 Å². The third-order valence-electron chi connectivity index (χ3n) is 5.51. The van der Waals surface area contributed by atoms with Crippen LogP contribution in [0.2, 0.25) is 0 Å². The minimum Gasteiger partial charge on any atom is -0.350 e. The average molecular weight is 447 g/mol. The Morgan fingerprint density at radius 1 is 1.19 bits per heavy atom. The van der Waals surface area contributed by atoms with Crippen molar-refractivity contribution < 1.29 is 9.59 Å². The molecule has 1 atom stereocenters. The van der Waals surface area contributed by atoms with Crippen LogP contribution in [-0.2, 0) is 11.3 Å². The molecule has 0 bridgehead atoms. The number of aromatic nitrogens is 3. The Labute approximate surface area is 189 Å². The first kappa shape index (κ1) is 20.6. The summed E-state index contributed by atoms with van der Waals surface area (Å²) in [4.78, 5) is 39.3. The number of likely N-dealkylation sites (tertiary alicyclic amines) is 1. The van der Waals surface area contributed by atoms with Crippen molar-refractivity contribution in [3.63, 3.8) is 0 Å². The number of benzene rings is 1. The second kappa shape index (κ2) is 9.05. The number of fused-ring (bicyclic) bond motifs is 1. The van der Waals surface area contributed by atoms with E-state index < -0.39 is 5.91 Å². The summed E-state index contributed by atoms with van der Waals surface area (Å²) in [7, 11) is 0. The summed E-state index contributed by atoms with van der Waals surface area (Å²) >= 11 is 0.880. The molecule has 162 valence electrons. The molecule has 2 aliphatic rings. The number of nitrogens with zero attached hydrogens (tertiary/aromatic N) is 4. The minimum atomic E-state index is -0.390. The first-order valence-electron chi connectivity index (χ1n) is 10.5. The van der Waals surface area contributed by atoms with Gasteiger partial charge in [-0.2, -0.15) is 0 Å². The number of carbonyl (C=O) groups is 2. The van der Waals surface area contributed by atoms with Crippen LogP contribution < -0.4 is 10.6 Å². The van der Waals surface area contributed by atoms with Crippen LogP contribution in [0.3, 0.4) is 0 Å². The van der Waals surface area contributed by atoms with E-state index in [0.717, 1.165) is 55.3 Å². The number of hydrogen-bond acceptors (Lipinski definition) is 8. The van der Waals surface area contributed by atoms with Crippen LogP contribution >= 0.6 is 11.8 Å². The van der Waals surface area contributed by atoms with Gasteiger partial charge in [0, 0.05) is 36.9 Å². The molecular weight excluding hydrogens is 424 g/mol. The maximum absolute atomic E-state index is 11.8. The Morgan fingerprint density at radius 2 is 2.06 bits per heavy atom. The number of amides is 2. The Kier molecular flexibility index (Phi) is 5.83. The average Bonchev–Trinajstić information content (AvgIpc) is 3.10. The van der Waals surface area contributed by atoms with Crippen molar-refractivity contribution >= 4 is 45.7 Å². The maximum atomic E-state index is 11.8. The predicted octanol–water partition coefficient (Wildman–Crippen LogP) is 3.43. The van der Waals surface area contributed by atoms with Crippen molar-refractivity contribution in [2.75, 3.05) is 18.4 Å². The zero-order valence-electron chi connectivity index (χ0n) is 17.3. The van der Waals surface area contributed by atoms with Gasteiger partial charge in [0.25, 0.3) is 11.1 Å². The summed E-state index contributed by atoms with van der Waals surface area (Å²) in [5.41, 5.74) is 1.65. The van der Waals surface area contributed by atoms with Crippen LogP contribution in [0.25, 0.3) is 16.8 Å². The third-order valence-corrected chi connectivity index (χ3v) is 6.32. The summed E-state index contributed by atoms with van der Waals surface area (Å²) in [6, 6.07) is 12.4. The van der Waals surface area contributed by atoms with Crippen LogP contribution in [0, 0.1) is 0 Å². The molecule has 9 heteroatoms. The van der Waals surface area contributed by atoms with E-state index in [1.807, 2.05) is 18.3 Å². The molecule has 2 amide bonds. The highest BCUT2D eigenvalue weighted by atomic mass is 32.2. The number of pyridine rings is 1. The maximum Gasteiger partial charge on any atom is 0.290 e. The smallest absolute Gasteiger partial charge is 0.290 e. The van der Waals surface area contributed by atoms with Gasteiger partial charge in [0.15, 0.2) is 0 Å². The Hall–Kier alpha value is -3.30. The van der Waals surface area contributed by atoms with Gasteiger partial charge >= 0.3 is 0 Å². The molecule has 0 radical (unpaired) electrons. The monoisotopic (exact) mass is 446 g/mol. The molecule has 1 unspecified atom stereocenters. The molecule has 0 saturated carbocycles. The van der Waals surface area contributed by atoms with E-state index in [1.165, 1.54) is 5.39 Å². The van der Waals surface area contributed by atoms with Crippen molar-refractivity contribution in [3.05, 3.63) is 65.1 Å². The van der Waals surface area contributed by atoms with Crippen molar-refractivity contribution in [2.24, 2.45) is 0 Å². The summed E-state index contributed by atoms with van der Waals surface area (Å²) in [6.45, 7) is 2.70. The number of carbonyl (C=O) groups excluding carboxylic acids is 2. The van der Waals surface area contributed by atoms with Crippen molar-refractivity contribution in [2.45, 2.75) is 25.4 Å². The molecule has 4 heterocycles. The largest absolute Gasteiger partial charge is 0.350 e. The molecule has 8 nitrogen and oxygen atoms in total. The molecule has 0 spiro atoms. The Bertz CT molecular complexity index is 1210. The van der Waals surface area contributed by atoms with Crippen LogP contribution in [-0.4, -0.2) is 50.1 Å². The molecule has 2 aliphatic heterocycles. The van der Waals surface area contributed by atoms with Crippen LogP contribution in [0.15, 0.2) is 53.7 Å². The number of imide groups is 1. The first-order chi connectivity index (χ1) is 15.6. The van der Waals surface area contributed by atoms with E-state index in [0.29, 0.717) is 16.5 Å².